The molecule has 0 spiro atoms. The molecule has 1 aromatic rings. The first-order valence-corrected chi connectivity index (χ1v) is 4.41. The topological polar surface area (TPSA) is 32.3 Å². The lowest BCUT2D eigenvalue weighted by atomic mass is 9.95. The molecule has 0 amide bonds. The summed E-state index contributed by atoms with van der Waals surface area (Å²) < 4.78 is 13.0. The molecule has 1 saturated heterocycles. The second-order valence-electron chi connectivity index (χ2n) is 3.41. The molecule has 0 saturated carbocycles. The minimum Gasteiger partial charge on any atom is -0.507 e. The average Bonchev–Trinajstić information content (AvgIpc) is 2.03. The van der Waals surface area contributed by atoms with Gasteiger partial charge in [-0.25, -0.2) is 4.39 Å². The predicted octanol–water partition coefficient (Wildman–Crippen LogP) is 1.87. The third-order valence-electron chi connectivity index (χ3n) is 2.60. The van der Waals surface area contributed by atoms with Gasteiger partial charge in [0.25, 0.3) is 0 Å². The molecular weight excluding hydrogens is 169 g/mol. The molecule has 1 aliphatic heterocycles. The average molecular weight is 181 g/mol. The number of nitrogens with one attached hydrogen (secondary N) is 1. The van der Waals surface area contributed by atoms with Gasteiger partial charge in [0.1, 0.15) is 11.6 Å². The van der Waals surface area contributed by atoms with Crippen LogP contribution in [0.5, 0.6) is 5.75 Å². The maximum atomic E-state index is 13.0. The van der Waals surface area contributed by atoms with Gasteiger partial charge in [0.15, 0.2) is 0 Å². The normalized spacial score (nSPS) is 21.2. The predicted molar refractivity (Wildman–Crippen MR) is 48.2 cm³/mol. The van der Waals surface area contributed by atoms with Crippen LogP contribution in [0.3, 0.4) is 0 Å². The number of hydrogen-bond acceptors (Lipinski definition) is 2. The fraction of sp³-hybridized carbons (Fsp3) is 0.400. The largest absolute Gasteiger partial charge is 0.507 e. The van der Waals surface area contributed by atoms with Gasteiger partial charge in [0.05, 0.1) is 0 Å². The van der Waals surface area contributed by atoms with Crippen molar-refractivity contribution in [3.63, 3.8) is 0 Å². The highest BCUT2D eigenvalue weighted by Gasteiger charge is 2.22. The van der Waals surface area contributed by atoms with Crippen LogP contribution < -0.4 is 5.32 Å². The number of phenols is 1. The SMILES string of the molecule is Cc1c(F)ccc([C@@H]2CCN2)c1O. The summed E-state index contributed by atoms with van der Waals surface area (Å²) in [5.74, 6) is -0.252. The Kier molecular flexibility index (Phi) is 1.96. The van der Waals surface area contributed by atoms with E-state index < -0.39 is 0 Å². The quantitative estimate of drug-likeness (QED) is 0.693. The second kappa shape index (κ2) is 3.00. The van der Waals surface area contributed by atoms with Crippen LogP contribution in [0, 0.1) is 12.7 Å². The van der Waals surface area contributed by atoms with Crippen molar-refractivity contribution in [2.45, 2.75) is 19.4 Å². The third-order valence-corrected chi connectivity index (χ3v) is 2.60. The highest BCUT2D eigenvalue weighted by molar-refractivity contribution is 5.42. The van der Waals surface area contributed by atoms with Gasteiger partial charge >= 0.3 is 0 Å². The molecule has 2 rings (SSSR count). The van der Waals surface area contributed by atoms with E-state index >= 15 is 0 Å². The fourth-order valence-electron chi connectivity index (χ4n) is 1.53. The second-order valence-corrected chi connectivity index (χ2v) is 3.41. The molecule has 13 heavy (non-hydrogen) atoms. The summed E-state index contributed by atoms with van der Waals surface area (Å²) in [7, 11) is 0. The number of halogens is 1. The van der Waals surface area contributed by atoms with Gasteiger partial charge in [-0.05, 0) is 26.0 Å². The van der Waals surface area contributed by atoms with Crippen LogP contribution in [-0.4, -0.2) is 11.7 Å². The van der Waals surface area contributed by atoms with E-state index in [2.05, 4.69) is 5.32 Å². The smallest absolute Gasteiger partial charge is 0.129 e. The van der Waals surface area contributed by atoms with Crippen molar-refractivity contribution < 1.29 is 9.50 Å². The summed E-state index contributed by atoms with van der Waals surface area (Å²) >= 11 is 0. The van der Waals surface area contributed by atoms with Crippen molar-refractivity contribution in [2.24, 2.45) is 0 Å². The van der Waals surface area contributed by atoms with E-state index in [0.29, 0.717) is 5.56 Å². The molecule has 3 heteroatoms. The molecule has 1 atom stereocenters. The number of phenolic OH excluding ortho intramolecular Hbond substituents is 1. The summed E-state index contributed by atoms with van der Waals surface area (Å²) in [4.78, 5) is 0. The van der Waals surface area contributed by atoms with Gasteiger partial charge in [-0.2, -0.15) is 0 Å². The van der Waals surface area contributed by atoms with Crippen LogP contribution in [0.15, 0.2) is 12.1 Å². The summed E-state index contributed by atoms with van der Waals surface area (Å²) in [6.45, 7) is 2.56. The monoisotopic (exact) mass is 181 g/mol. The Morgan fingerprint density at radius 2 is 2.23 bits per heavy atom. The van der Waals surface area contributed by atoms with Crippen LogP contribution in [0.2, 0.25) is 0 Å². The van der Waals surface area contributed by atoms with Gasteiger partial charge in [-0.15, -0.1) is 0 Å². The molecule has 1 aliphatic rings. The van der Waals surface area contributed by atoms with E-state index in [1.54, 1.807) is 13.0 Å². The molecular formula is C10H12FNO. The van der Waals surface area contributed by atoms with Gasteiger partial charge in [-0.1, -0.05) is 6.07 Å². The minimum absolute atomic E-state index is 0.0946. The number of benzene rings is 1. The maximum absolute atomic E-state index is 13.0. The van der Waals surface area contributed by atoms with Crippen molar-refractivity contribution in [3.8, 4) is 5.75 Å². The molecule has 0 bridgehead atoms. The lowest BCUT2D eigenvalue weighted by Gasteiger charge is -2.29. The van der Waals surface area contributed by atoms with E-state index in [1.807, 2.05) is 0 Å². The fourth-order valence-corrected chi connectivity index (χ4v) is 1.53. The van der Waals surface area contributed by atoms with Crippen molar-refractivity contribution in [1.29, 1.82) is 0 Å². The molecule has 2 N–H and O–H groups in total. The number of aromatic hydroxyl groups is 1. The van der Waals surface area contributed by atoms with E-state index in [4.69, 9.17) is 0 Å². The zero-order chi connectivity index (χ0) is 9.42. The Bertz CT molecular complexity index is 334. The standard InChI is InChI=1S/C10H12FNO/c1-6-8(11)3-2-7(10(6)13)9-4-5-12-9/h2-3,9,12-13H,4-5H2,1H3/t9-/m0/s1. The summed E-state index contributed by atoms with van der Waals surface area (Å²) in [5.41, 5.74) is 1.15. The highest BCUT2D eigenvalue weighted by Crippen LogP contribution is 2.33. The summed E-state index contributed by atoms with van der Waals surface area (Å²) in [5, 5.41) is 12.8. The molecule has 70 valence electrons. The maximum Gasteiger partial charge on any atom is 0.129 e. The zero-order valence-corrected chi connectivity index (χ0v) is 7.47. The van der Waals surface area contributed by atoms with Crippen LogP contribution in [0.1, 0.15) is 23.6 Å². The molecule has 2 nitrogen and oxygen atoms in total. The molecule has 0 aliphatic carbocycles. The summed E-state index contributed by atoms with van der Waals surface area (Å²) in [6.07, 6.45) is 1.01. The molecule has 1 fully saturated rings. The zero-order valence-electron chi connectivity index (χ0n) is 7.47. The Morgan fingerprint density at radius 1 is 1.54 bits per heavy atom. The Balaban J connectivity index is 2.41. The minimum atomic E-state index is -0.347. The van der Waals surface area contributed by atoms with Crippen LogP contribution >= 0.6 is 0 Å². The van der Waals surface area contributed by atoms with Gasteiger partial charge in [0, 0.05) is 17.2 Å². The van der Waals surface area contributed by atoms with Crippen molar-refractivity contribution in [1.82, 2.24) is 5.32 Å². The van der Waals surface area contributed by atoms with E-state index in [0.717, 1.165) is 18.5 Å². The molecule has 0 aromatic heterocycles. The van der Waals surface area contributed by atoms with Crippen LogP contribution in [0.4, 0.5) is 4.39 Å². The van der Waals surface area contributed by atoms with Crippen LogP contribution in [-0.2, 0) is 0 Å². The molecule has 1 heterocycles. The lowest BCUT2D eigenvalue weighted by Crippen LogP contribution is -2.35. The Hall–Kier alpha value is -1.09. The van der Waals surface area contributed by atoms with Gasteiger partial charge < -0.3 is 10.4 Å². The molecule has 0 unspecified atom stereocenters. The lowest BCUT2D eigenvalue weighted by molar-refractivity contribution is 0.362. The Labute approximate surface area is 76.4 Å². The van der Waals surface area contributed by atoms with Crippen LogP contribution in [0.25, 0.3) is 0 Å². The van der Waals surface area contributed by atoms with Crippen molar-refractivity contribution >= 4 is 0 Å². The number of hydrogen-bond donors (Lipinski definition) is 2. The van der Waals surface area contributed by atoms with Crippen molar-refractivity contribution in [3.05, 3.63) is 29.1 Å². The Morgan fingerprint density at radius 3 is 2.77 bits per heavy atom. The molecule has 0 radical (unpaired) electrons. The summed E-state index contributed by atoms with van der Waals surface area (Å²) in [6, 6.07) is 3.26. The van der Waals surface area contributed by atoms with Gasteiger partial charge in [-0.3, -0.25) is 0 Å². The first kappa shape index (κ1) is 8.51. The van der Waals surface area contributed by atoms with E-state index in [1.165, 1.54) is 6.07 Å². The van der Waals surface area contributed by atoms with Gasteiger partial charge in [0.2, 0.25) is 0 Å². The first-order valence-electron chi connectivity index (χ1n) is 4.41. The highest BCUT2D eigenvalue weighted by atomic mass is 19.1. The number of rotatable bonds is 1. The van der Waals surface area contributed by atoms with Crippen molar-refractivity contribution in [2.75, 3.05) is 6.54 Å². The van der Waals surface area contributed by atoms with E-state index in [-0.39, 0.29) is 17.6 Å². The molecule has 1 aromatic carbocycles. The third kappa shape index (κ3) is 1.29. The first-order chi connectivity index (χ1) is 6.20. The van der Waals surface area contributed by atoms with E-state index in [9.17, 15) is 9.50 Å².